The predicted octanol–water partition coefficient (Wildman–Crippen LogP) is 4.00. The van der Waals surface area contributed by atoms with E-state index in [1.165, 1.54) is 13.8 Å². The molecule has 1 amide bonds. The van der Waals surface area contributed by atoms with Crippen LogP contribution in [0.1, 0.15) is 46.9 Å². The minimum Gasteiger partial charge on any atom is -0.490 e. The molecule has 2 fully saturated rings. The number of carbonyl (C=O) groups excluding carboxylic acids is 1. The number of nitrogens with zero attached hydrogens (tertiary/aromatic N) is 2. The molecule has 0 radical (unpaired) electrons. The Kier molecular flexibility index (Phi) is 5.59. The van der Waals surface area contributed by atoms with Crippen molar-refractivity contribution >= 4 is 17.2 Å². The van der Waals surface area contributed by atoms with Crippen LogP contribution in [-0.2, 0) is 15.1 Å². The molecular weight excluding hydrogens is 407 g/mol. The number of aryl methyl sites for hydroxylation is 2. The summed E-state index contributed by atoms with van der Waals surface area (Å²) in [5, 5.41) is 3.01. The van der Waals surface area contributed by atoms with Crippen molar-refractivity contribution in [1.82, 2.24) is 9.88 Å². The lowest BCUT2D eigenvalue weighted by atomic mass is 9.85. The van der Waals surface area contributed by atoms with Gasteiger partial charge in [0.2, 0.25) is 0 Å². The second kappa shape index (κ2) is 7.90. The first kappa shape index (κ1) is 21.2. The minimum absolute atomic E-state index is 0.0372. The van der Waals surface area contributed by atoms with Crippen molar-refractivity contribution in [2.45, 2.75) is 51.5 Å². The van der Waals surface area contributed by atoms with Gasteiger partial charge in [-0.25, -0.2) is 9.37 Å². The SMILES string of the molecule is Cc1nc([C@]23CCN(C(=O)c4ccc(OCC(C)(C)F)c(C)c4)C[C@H]2OCO3)cs1. The van der Waals surface area contributed by atoms with Crippen LogP contribution in [0, 0.1) is 13.8 Å². The fraction of sp³-hybridized carbons (Fsp3) is 0.545. The molecule has 0 aliphatic carbocycles. The highest BCUT2D eigenvalue weighted by Gasteiger charge is 2.52. The van der Waals surface area contributed by atoms with E-state index < -0.39 is 11.3 Å². The van der Waals surface area contributed by atoms with Gasteiger partial charge in [0.25, 0.3) is 5.91 Å². The van der Waals surface area contributed by atoms with Gasteiger partial charge in [0.15, 0.2) is 0 Å². The highest BCUT2D eigenvalue weighted by atomic mass is 32.1. The van der Waals surface area contributed by atoms with Gasteiger partial charge in [0, 0.05) is 23.9 Å². The lowest BCUT2D eigenvalue weighted by Gasteiger charge is -2.40. The number of alkyl halides is 1. The summed E-state index contributed by atoms with van der Waals surface area (Å²) in [5.74, 6) is 0.524. The van der Waals surface area contributed by atoms with E-state index in [1.807, 2.05) is 19.2 Å². The zero-order chi connectivity index (χ0) is 21.5. The Balaban J connectivity index is 1.47. The molecule has 30 heavy (non-hydrogen) atoms. The molecule has 8 heteroatoms. The predicted molar refractivity (Wildman–Crippen MR) is 112 cm³/mol. The topological polar surface area (TPSA) is 60.9 Å². The van der Waals surface area contributed by atoms with Crippen molar-refractivity contribution in [2.24, 2.45) is 0 Å². The molecule has 0 saturated carbocycles. The fourth-order valence-electron chi connectivity index (χ4n) is 3.96. The molecule has 4 rings (SSSR count). The molecule has 2 aliphatic heterocycles. The van der Waals surface area contributed by atoms with Crippen molar-refractivity contribution < 1.29 is 23.4 Å². The van der Waals surface area contributed by atoms with Gasteiger partial charge in [-0.05, 0) is 51.5 Å². The summed E-state index contributed by atoms with van der Waals surface area (Å²) in [7, 11) is 0. The van der Waals surface area contributed by atoms with Crippen LogP contribution in [0.25, 0.3) is 0 Å². The molecule has 162 valence electrons. The van der Waals surface area contributed by atoms with Gasteiger partial charge >= 0.3 is 0 Å². The lowest BCUT2D eigenvalue weighted by Crippen LogP contribution is -2.53. The second-order valence-electron chi connectivity index (χ2n) is 8.55. The molecule has 0 N–H and O–H groups in total. The number of piperidine rings is 1. The van der Waals surface area contributed by atoms with Crippen molar-refractivity contribution in [1.29, 1.82) is 0 Å². The fourth-order valence-corrected chi connectivity index (χ4v) is 4.65. The van der Waals surface area contributed by atoms with Gasteiger partial charge in [0.05, 0.1) is 17.2 Å². The number of amides is 1. The summed E-state index contributed by atoms with van der Waals surface area (Å²) in [4.78, 5) is 19.6. The van der Waals surface area contributed by atoms with E-state index in [4.69, 9.17) is 14.2 Å². The third kappa shape index (κ3) is 4.08. The first-order valence-corrected chi connectivity index (χ1v) is 11.0. The van der Waals surface area contributed by atoms with Crippen LogP contribution in [0.2, 0.25) is 0 Å². The van der Waals surface area contributed by atoms with E-state index in [9.17, 15) is 9.18 Å². The van der Waals surface area contributed by atoms with Crippen LogP contribution in [0.4, 0.5) is 4.39 Å². The Morgan fingerprint density at radius 2 is 2.23 bits per heavy atom. The highest BCUT2D eigenvalue weighted by molar-refractivity contribution is 7.09. The van der Waals surface area contributed by atoms with Crippen LogP contribution in [0.15, 0.2) is 23.6 Å². The van der Waals surface area contributed by atoms with Gasteiger partial charge < -0.3 is 19.1 Å². The van der Waals surface area contributed by atoms with Crippen molar-refractivity contribution in [3.63, 3.8) is 0 Å². The first-order chi connectivity index (χ1) is 14.2. The molecule has 2 atom stereocenters. The van der Waals surface area contributed by atoms with Gasteiger partial charge in [-0.15, -0.1) is 11.3 Å². The molecule has 0 unspecified atom stereocenters. The normalized spacial score (nSPS) is 24.0. The molecule has 2 saturated heterocycles. The molecule has 1 aromatic heterocycles. The second-order valence-corrected chi connectivity index (χ2v) is 9.61. The number of carbonyl (C=O) groups is 1. The van der Waals surface area contributed by atoms with E-state index in [-0.39, 0.29) is 25.4 Å². The van der Waals surface area contributed by atoms with Crippen molar-refractivity contribution in [3.8, 4) is 5.75 Å². The van der Waals surface area contributed by atoms with Gasteiger partial charge in [-0.1, -0.05) is 0 Å². The third-order valence-electron chi connectivity index (χ3n) is 5.58. The summed E-state index contributed by atoms with van der Waals surface area (Å²) in [6, 6.07) is 5.25. The highest BCUT2D eigenvalue weighted by Crippen LogP contribution is 2.43. The van der Waals surface area contributed by atoms with Crippen LogP contribution in [0.3, 0.4) is 0 Å². The number of aromatic nitrogens is 1. The summed E-state index contributed by atoms with van der Waals surface area (Å²) in [5.41, 5.74) is 0.284. The van der Waals surface area contributed by atoms with Crippen LogP contribution in [0.5, 0.6) is 5.75 Å². The number of hydrogen-bond donors (Lipinski definition) is 0. The third-order valence-corrected chi connectivity index (χ3v) is 6.35. The molecule has 3 heterocycles. The number of rotatable bonds is 5. The van der Waals surface area contributed by atoms with E-state index >= 15 is 0 Å². The maximum absolute atomic E-state index is 13.7. The summed E-state index contributed by atoms with van der Waals surface area (Å²) >= 11 is 1.59. The number of halogens is 1. The van der Waals surface area contributed by atoms with Gasteiger partial charge in [0.1, 0.15) is 36.5 Å². The Morgan fingerprint density at radius 3 is 2.90 bits per heavy atom. The number of hydrogen-bond acceptors (Lipinski definition) is 6. The van der Waals surface area contributed by atoms with Gasteiger partial charge in [-0.2, -0.15) is 0 Å². The molecule has 0 bridgehead atoms. The molecule has 2 aromatic rings. The standard InChI is InChI=1S/C22H27FN2O4S/c1-14-9-16(5-6-17(14)27-12-21(3,4)23)20(26)25-8-7-22(18-11-30-15(2)24-18)19(10-25)28-13-29-22/h5-6,9,11,19H,7-8,10,12-13H2,1-4H3/t19-,22-/m1/s1. The lowest BCUT2D eigenvalue weighted by molar-refractivity contribution is -0.0466. The Hall–Kier alpha value is -2.03. The largest absolute Gasteiger partial charge is 0.490 e. The van der Waals surface area contributed by atoms with E-state index in [0.717, 1.165) is 16.3 Å². The molecule has 6 nitrogen and oxygen atoms in total. The van der Waals surface area contributed by atoms with Crippen LogP contribution < -0.4 is 4.74 Å². The molecular formula is C22H27FN2O4S. The Morgan fingerprint density at radius 1 is 1.43 bits per heavy atom. The Bertz CT molecular complexity index is 941. The van der Waals surface area contributed by atoms with Crippen molar-refractivity contribution in [2.75, 3.05) is 26.5 Å². The van der Waals surface area contributed by atoms with Gasteiger partial charge in [-0.3, -0.25) is 4.79 Å². The minimum atomic E-state index is -1.42. The van der Waals surface area contributed by atoms with Crippen LogP contribution >= 0.6 is 11.3 Å². The van der Waals surface area contributed by atoms with Crippen LogP contribution in [-0.4, -0.2) is 54.1 Å². The zero-order valence-corrected chi connectivity index (χ0v) is 18.6. The van der Waals surface area contributed by atoms with E-state index in [1.54, 1.807) is 34.4 Å². The quantitative estimate of drug-likeness (QED) is 0.712. The number of thiazole rings is 1. The van der Waals surface area contributed by atoms with Crippen molar-refractivity contribution in [3.05, 3.63) is 45.4 Å². The maximum atomic E-state index is 13.7. The number of benzene rings is 1. The average Bonchev–Trinajstić information content (AvgIpc) is 3.32. The van der Waals surface area contributed by atoms with E-state index in [2.05, 4.69) is 4.98 Å². The smallest absolute Gasteiger partial charge is 0.253 e. The van der Waals surface area contributed by atoms with E-state index in [0.29, 0.717) is 30.8 Å². The zero-order valence-electron chi connectivity index (χ0n) is 17.7. The Labute approximate surface area is 180 Å². The summed E-state index contributed by atoms with van der Waals surface area (Å²) in [6.45, 7) is 7.95. The monoisotopic (exact) mass is 434 g/mol. The number of fused-ring (bicyclic) bond motifs is 1. The molecule has 2 aliphatic rings. The number of ether oxygens (including phenoxy) is 3. The first-order valence-electron chi connectivity index (χ1n) is 10.1. The summed E-state index contributed by atoms with van der Waals surface area (Å²) in [6.07, 6.45) is 0.394. The summed E-state index contributed by atoms with van der Waals surface area (Å²) < 4.78 is 31.1. The molecule has 0 spiro atoms. The maximum Gasteiger partial charge on any atom is 0.253 e. The number of likely N-dealkylation sites (tertiary alicyclic amines) is 1. The molecule has 1 aromatic carbocycles. The average molecular weight is 435 g/mol.